The average Bonchev–Trinajstić information content (AvgIpc) is 3.45. The van der Waals surface area contributed by atoms with Gasteiger partial charge in [0.1, 0.15) is 56.1 Å². The van der Waals surface area contributed by atoms with Crippen molar-refractivity contribution in [2.75, 3.05) is 45.8 Å². The van der Waals surface area contributed by atoms with Crippen molar-refractivity contribution in [3.05, 3.63) is 191 Å². The Morgan fingerprint density at radius 1 is 0.539 bits per heavy atom. The topological polar surface area (TPSA) is 238 Å². The highest BCUT2D eigenvalue weighted by Gasteiger charge is 2.32. The largest absolute Gasteiger partial charge is 0.489 e. The van der Waals surface area contributed by atoms with Gasteiger partial charge >= 0.3 is 12.2 Å². The fourth-order valence-electron chi connectivity index (χ4n) is 8.60. The molecular formula is C59H68N8O9. The van der Waals surface area contributed by atoms with Crippen LogP contribution in [0, 0.1) is 0 Å². The maximum absolute atomic E-state index is 14.9. The standard InChI is InChI=1S/C59H68N8O9/c60-27-31-67(32-28-61)33-30-62-55(68)51-36-48-34-46(23-25-53(48)73-38-42-14-5-1-6-15-42)47-24-26-54(74-39-43-16-7-2-8-17-43)49(35-47)37-52(66-59(72)76-41-45-20-11-4-12-21-45)57(70)64-50(56(69)65-51)22-13-29-63-58(71)75-40-44-18-9-3-10-19-44/h1-12,14-21,23-26,34-35,50-52H,13,22,27-33,36-41,60-61H2,(H,62,68)(H,63,71)(H,64,70)(H,65,69)(H,66,72)/t50-,51-,52-/m0/s1. The normalized spacial score (nSPS) is 15.4. The summed E-state index contributed by atoms with van der Waals surface area (Å²) >= 11 is 0. The number of rotatable bonds is 23. The highest BCUT2D eigenvalue weighted by molar-refractivity contribution is 5.94. The minimum absolute atomic E-state index is 0.00499. The monoisotopic (exact) mass is 1030 g/mol. The first kappa shape index (κ1) is 55.5. The molecule has 7 rings (SSSR count). The molecule has 398 valence electrons. The molecule has 0 spiro atoms. The molecule has 1 aliphatic heterocycles. The smallest absolute Gasteiger partial charge is 0.408 e. The number of benzene rings is 6. The second-order valence-electron chi connectivity index (χ2n) is 18.3. The summed E-state index contributed by atoms with van der Waals surface area (Å²) in [6.07, 6.45) is -1.42. The summed E-state index contributed by atoms with van der Waals surface area (Å²) in [7, 11) is 0. The molecule has 1 aliphatic rings. The SMILES string of the molecule is NCCN(CCN)CCNC(=O)[C@@H]1Cc2cc(ccc2OCc2ccccc2)-c2ccc(OCc3ccccc3)c(c2)C[C@H](NC(=O)OCc2ccccc2)C(=O)N[C@@H](CCCNC(=O)OCc2ccccc2)C(=O)N1. The zero-order chi connectivity index (χ0) is 53.3. The number of ether oxygens (including phenoxy) is 4. The predicted molar refractivity (Wildman–Crippen MR) is 290 cm³/mol. The van der Waals surface area contributed by atoms with Gasteiger partial charge in [0.25, 0.3) is 0 Å². The zero-order valence-electron chi connectivity index (χ0n) is 42.6. The van der Waals surface area contributed by atoms with Crippen molar-refractivity contribution in [1.82, 2.24) is 31.5 Å². The van der Waals surface area contributed by atoms with E-state index in [1.54, 1.807) is 0 Å². The highest BCUT2D eigenvalue weighted by Crippen LogP contribution is 2.33. The summed E-state index contributed by atoms with van der Waals surface area (Å²) in [4.78, 5) is 72.8. The minimum atomic E-state index is -1.31. The first-order valence-corrected chi connectivity index (χ1v) is 25.7. The van der Waals surface area contributed by atoms with E-state index in [0.717, 1.165) is 33.4 Å². The molecule has 0 aliphatic carbocycles. The molecule has 5 amide bonds. The van der Waals surface area contributed by atoms with Gasteiger partial charge in [0.2, 0.25) is 17.7 Å². The Hall–Kier alpha value is -8.25. The second kappa shape index (κ2) is 29.6. The molecule has 0 saturated carbocycles. The van der Waals surface area contributed by atoms with Crippen LogP contribution in [0.15, 0.2) is 158 Å². The quantitative estimate of drug-likeness (QED) is 0.0371. The number of fused-ring (bicyclic) bond motifs is 5. The maximum Gasteiger partial charge on any atom is 0.408 e. The van der Waals surface area contributed by atoms with Gasteiger partial charge in [-0.25, -0.2) is 9.59 Å². The summed E-state index contributed by atoms with van der Waals surface area (Å²) in [6.45, 7) is 3.16. The van der Waals surface area contributed by atoms with Gasteiger partial charge in [-0.05, 0) is 81.6 Å². The molecule has 1 heterocycles. The lowest BCUT2D eigenvalue weighted by Crippen LogP contribution is -2.57. The van der Waals surface area contributed by atoms with Gasteiger partial charge in [0.05, 0.1) is 0 Å². The van der Waals surface area contributed by atoms with Crippen molar-refractivity contribution in [2.45, 2.75) is 70.2 Å². The molecular weight excluding hydrogens is 965 g/mol. The van der Waals surface area contributed by atoms with Crippen LogP contribution in [0.2, 0.25) is 0 Å². The number of nitrogens with zero attached hydrogens (tertiary/aromatic N) is 1. The fourth-order valence-corrected chi connectivity index (χ4v) is 8.60. The molecule has 0 radical (unpaired) electrons. The van der Waals surface area contributed by atoms with Crippen LogP contribution in [0.25, 0.3) is 11.1 Å². The lowest BCUT2D eigenvalue weighted by atomic mass is 9.95. The van der Waals surface area contributed by atoms with Gasteiger partial charge in [0.15, 0.2) is 0 Å². The minimum Gasteiger partial charge on any atom is -0.489 e. The van der Waals surface area contributed by atoms with Crippen molar-refractivity contribution in [1.29, 1.82) is 0 Å². The molecule has 17 nitrogen and oxygen atoms in total. The fraction of sp³-hybridized carbons (Fsp3) is 0.305. The van der Waals surface area contributed by atoms with Crippen LogP contribution >= 0.6 is 0 Å². The van der Waals surface area contributed by atoms with Gasteiger partial charge in [0, 0.05) is 58.7 Å². The van der Waals surface area contributed by atoms with Crippen molar-refractivity contribution in [2.24, 2.45) is 11.5 Å². The molecule has 0 saturated heterocycles. The number of alkyl carbamates (subject to hydrolysis) is 2. The Balaban J connectivity index is 1.25. The van der Waals surface area contributed by atoms with Crippen LogP contribution in [-0.4, -0.2) is 98.7 Å². The number of carbonyl (C=O) groups is 5. The zero-order valence-corrected chi connectivity index (χ0v) is 42.6. The van der Waals surface area contributed by atoms with Crippen LogP contribution < -0.4 is 47.5 Å². The number of amides is 5. The van der Waals surface area contributed by atoms with Crippen LogP contribution in [0.3, 0.4) is 0 Å². The Morgan fingerprint density at radius 2 is 1.03 bits per heavy atom. The lowest BCUT2D eigenvalue weighted by Gasteiger charge is -2.26. The van der Waals surface area contributed by atoms with E-state index < -0.39 is 48.0 Å². The highest BCUT2D eigenvalue weighted by atomic mass is 16.6. The first-order chi connectivity index (χ1) is 37.1. The third-order valence-electron chi connectivity index (χ3n) is 12.6. The summed E-state index contributed by atoms with van der Waals surface area (Å²) in [5, 5.41) is 14.4. The molecule has 3 atom stereocenters. The van der Waals surface area contributed by atoms with Gasteiger partial charge < -0.3 is 57.0 Å². The maximum atomic E-state index is 14.9. The molecule has 0 unspecified atom stereocenters. The van der Waals surface area contributed by atoms with E-state index in [4.69, 9.17) is 30.4 Å². The van der Waals surface area contributed by atoms with Crippen molar-refractivity contribution >= 4 is 29.9 Å². The molecule has 6 aromatic rings. The number of nitrogens with two attached hydrogens (primary N) is 2. The predicted octanol–water partition coefficient (Wildman–Crippen LogP) is 5.92. The van der Waals surface area contributed by atoms with Crippen molar-refractivity contribution in [3.63, 3.8) is 0 Å². The molecule has 0 aromatic heterocycles. The molecule has 0 fully saturated rings. The van der Waals surface area contributed by atoms with Gasteiger partial charge in [-0.2, -0.15) is 0 Å². The van der Waals surface area contributed by atoms with Crippen LogP contribution in [0.4, 0.5) is 9.59 Å². The average molecular weight is 1030 g/mol. The van der Waals surface area contributed by atoms with Gasteiger partial charge in [-0.3, -0.25) is 19.3 Å². The van der Waals surface area contributed by atoms with E-state index in [1.165, 1.54) is 0 Å². The van der Waals surface area contributed by atoms with Crippen molar-refractivity contribution in [3.8, 4) is 22.6 Å². The summed E-state index contributed by atoms with van der Waals surface area (Å²) in [6, 6.07) is 45.2. The molecule has 4 bridgehead atoms. The van der Waals surface area contributed by atoms with Crippen LogP contribution in [0.1, 0.15) is 46.2 Å². The van der Waals surface area contributed by atoms with E-state index in [1.807, 2.05) is 163 Å². The van der Waals surface area contributed by atoms with E-state index in [0.29, 0.717) is 55.3 Å². The van der Waals surface area contributed by atoms with E-state index in [2.05, 4.69) is 26.6 Å². The number of carbonyl (C=O) groups excluding carboxylic acids is 5. The molecule has 9 N–H and O–H groups in total. The number of hydrogen-bond donors (Lipinski definition) is 7. The van der Waals surface area contributed by atoms with Crippen LogP contribution in [-0.2, 0) is 63.1 Å². The summed E-state index contributed by atoms with van der Waals surface area (Å²) < 4.78 is 24.0. The third-order valence-corrected chi connectivity index (χ3v) is 12.6. The first-order valence-electron chi connectivity index (χ1n) is 25.7. The van der Waals surface area contributed by atoms with Crippen LogP contribution in [0.5, 0.6) is 11.5 Å². The van der Waals surface area contributed by atoms with E-state index in [9.17, 15) is 24.0 Å². The Bertz CT molecular complexity index is 2780. The van der Waals surface area contributed by atoms with Gasteiger partial charge in [-0.15, -0.1) is 0 Å². The van der Waals surface area contributed by atoms with Crippen molar-refractivity contribution < 1.29 is 42.9 Å². The molecule has 17 heteroatoms. The van der Waals surface area contributed by atoms with Gasteiger partial charge in [-0.1, -0.05) is 133 Å². The van der Waals surface area contributed by atoms with E-state index in [-0.39, 0.29) is 65.2 Å². The Kier molecular flexibility index (Phi) is 21.6. The number of nitrogens with one attached hydrogen (secondary N) is 5. The third kappa shape index (κ3) is 17.7. The Morgan fingerprint density at radius 3 is 1.54 bits per heavy atom. The second-order valence-corrected chi connectivity index (χ2v) is 18.3. The lowest BCUT2D eigenvalue weighted by molar-refractivity contribution is -0.132. The van der Waals surface area contributed by atoms with E-state index >= 15 is 0 Å². The summed E-state index contributed by atoms with van der Waals surface area (Å²) in [5.74, 6) is -0.904. The Labute approximate surface area is 444 Å². The summed E-state index contributed by atoms with van der Waals surface area (Å²) in [5.41, 5.74) is 17.8. The molecule has 6 aromatic carbocycles. The molecule has 76 heavy (non-hydrogen) atoms. The number of hydrogen-bond acceptors (Lipinski definition) is 12.